The van der Waals surface area contributed by atoms with E-state index in [1.54, 1.807) is 6.92 Å². The molecule has 2 rings (SSSR count). The van der Waals surface area contributed by atoms with Crippen molar-refractivity contribution in [2.75, 3.05) is 19.9 Å². The van der Waals surface area contributed by atoms with Crippen LogP contribution in [0, 0.1) is 12.8 Å². The van der Waals surface area contributed by atoms with Crippen LogP contribution < -0.4 is 11.2 Å². The van der Waals surface area contributed by atoms with Crippen molar-refractivity contribution in [2.45, 2.75) is 39.0 Å². The normalized spacial score (nSPS) is 30.1. The Morgan fingerprint density at radius 3 is 3.05 bits per heavy atom. The van der Waals surface area contributed by atoms with Gasteiger partial charge in [0.25, 0.3) is 5.56 Å². The largest absolute Gasteiger partial charge is 0.376 e. The number of nitrogens with one attached hydrogen (secondary N) is 1. The molecule has 7 heteroatoms. The number of H-pyrrole nitrogens is 1. The molecule has 21 heavy (non-hydrogen) atoms. The van der Waals surface area contributed by atoms with Crippen LogP contribution in [-0.4, -0.2) is 41.6 Å². The van der Waals surface area contributed by atoms with Crippen molar-refractivity contribution in [1.29, 1.82) is 0 Å². The summed E-state index contributed by atoms with van der Waals surface area (Å²) in [6.45, 7) is 3.01. The van der Waals surface area contributed by atoms with Gasteiger partial charge in [-0.2, -0.15) is 0 Å². The molecule has 0 unspecified atom stereocenters. The van der Waals surface area contributed by atoms with Gasteiger partial charge in [0.15, 0.2) is 0 Å². The zero-order valence-electron chi connectivity index (χ0n) is 13.2. The Balaban J connectivity index is 2.36. The van der Waals surface area contributed by atoms with Crippen LogP contribution in [0.4, 0.5) is 4.39 Å². The number of halogens is 1. The topological polar surface area (TPSA) is 73.3 Å². The highest BCUT2D eigenvalue weighted by atomic mass is 19.1. The van der Waals surface area contributed by atoms with Gasteiger partial charge >= 0.3 is 5.69 Å². The Morgan fingerprint density at radius 1 is 1.62 bits per heavy atom. The van der Waals surface area contributed by atoms with Crippen LogP contribution in [0.3, 0.4) is 0 Å². The number of ether oxygens (including phenoxy) is 2. The van der Waals surface area contributed by atoms with Crippen molar-refractivity contribution in [3.05, 3.63) is 32.6 Å². The molecule has 0 aromatic carbocycles. The molecular formula is C14H21FN2O4. The number of alkyl halides is 1. The lowest BCUT2D eigenvalue weighted by Gasteiger charge is -2.40. The maximum absolute atomic E-state index is 12.5. The Kier molecular flexibility index (Phi) is 4.50. The number of aryl methyl sites for hydroxylation is 1. The van der Waals surface area contributed by atoms with E-state index in [1.807, 2.05) is 6.92 Å². The van der Waals surface area contributed by atoms with Crippen LogP contribution in [0.2, 0.25) is 0 Å². The van der Waals surface area contributed by atoms with E-state index < -0.39 is 30.1 Å². The summed E-state index contributed by atoms with van der Waals surface area (Å²) < 4.78 is 32.5. The van der Waals surface area contributed by atoms with Gasteiger partial charge in [-0.25, -0.2) is 9.18 Å². The van der Waals surface area contributed by atoms with Crippen LogP contribution in [0.1, 0.15) is 26.8 Å². The summed E-state index contributed by atoms with van der Waals surface area (Å²) in [5.41, 5.74) is -0.579. The second-order valence-corrected chi connectivity index (χ2v) is 5.30. The summed E-state index contributed by atoms with van der Waals surface area (Å²) >= 11 is 0. The molecule has 2 heterocycles. The maximum atomic E-state index is 12.5. The summed E-state index contributed by atoms with van der Waals surface area (Å²) in [6, 6.07) is -0.465. The Bertz CT molecular complexity index is 618. The lowest BCUT2D eigenvalue weighted by Crippen LogP contribution is -2.49. The molecular weight excluding hydrogens is 279 g/mol. The summed E-state index contributed by atoms with van der Waals surface area (Å²) in [5.74, 6) is -0.165. The van der Waals surface area contributed by atoms with Gasteiger partial charge in [0.2, 0.25) is 0 Å². The molecule has 0 bridgehead atoms. The van der Waals surface area contributed by atoms with Crippen molar-refractivity contribution in [3.63, 3.8) is 0 Å². The van der Waals surface area contributed by atoms with Crippen LogP contribution in [-0.2, 0) is 9.47 Å². The van der Waals surface area contributed by atoms with E-state index in [4.69, 9.17) is 10.8 Å². The highest BCUT2D eigenvalue weighted by Crippen LogP contribution is 2.30. The Morgan fingerprint density at radius 2 is 2.38 bits per heavy atom. The average molecular weight is 301 g/mol. The summed E-state index contributed by atoms with van der Waals surface area (Å²) in [4.78, 5) is 25.8. The van der Waals surface area contributed by atoms with Gasteiger partial charge < -0.3 is 9.47 Å². The minimum atomic E-state index is -0.623. The molecule has 1 aliphatic heterocycles. The zero-order valence-corrected chi connectivity index (χ0v) is 12.2. The first-order valence-electron chi connectivity index (χ1n) is 7.60. The van der Waals surface area contributed by atoms with E-state index in [1.165, 1.54) is 10.8 Å². The van der Waals surface area contributed by atoms with Crippen molar-refractivity contribution in [1.82, 2.24) is 9.55 Å². The average Bonchev–Trinajstić information content (AvgIpc) is 2.49. The smallest absolute Gasteiger partial charge is 0.328 e. The van der Waals surface area contributed by atoms with Gasteiger partial charge in [0, 0.05) is 19.0 Å². The molecule has 0 aliphatic carbocycles. The van der Waals surface area contributed by atoms with Gasteiger partial charge in [-0.15, -0.1) is 0 Å². The molecule has 0 spiro atoms. The van der Waals surface area contributed by atoms with E-state index in [0.29, 0.717) is 5.56 Å². The Hall–Kier alpha value is -1.47. The molecule has 1 fully saturated rings. The number of rotatable bonds is 4. The van der Waals surface area contributed by atoms with E-state index in [9.17, 15) is 14.0 Å². The van der Waals surface area contributed by atoms with E-state index >= 15 is 0 Å². The highest BCUT2D eigenvalue weighted by molar-refractivity contribution is 5.03. The zero-order chi connectivity index (χ0) is 16.3. The molecule has 1 N–H and O–H groups in total. The van der Waals surface area contributed by atoms with Crippen molar-refractivity contribution >= 4 is 0 Å². The van der Waals surface area contributed by atoms with E-state index in [-0.39, 0.29) is 32.1 Å². The fraction of sp³-hybridized carbons (Fsp3) is 0.714. The van der Waals surface area contributed by atoms with Gasteiger partial charge in [0.1, 0.15) is 6.67 Å². The fourth-order valence-electron chi connectivity index (χ4n) is 2.55. The van der Waals surface area contributed by atoms with Crippen LogP contribution >= 0.6 is 0 Å². The lowest BCUT2D eigenvalue weighted by atomic mass is 9.90. The third-order valence-corrected chi connectivity index (χ3v) is 3.86. The number of hydrogen-bond acceptors (Lipinski definition) is 4. The fourth-order valence-corrected chi connectivity index (χ4v) is 2.55. The highest BCUT2D eigenvalue weighted by Gasteiger charge is 2.38. The monoisotopic (exact) mass is 301 g/mol. The maximum Gasteiger partial charge on any atom is 0.328 e. The molecule has 1 saturated heterocycles. The predicted octanol–water partition coefficient (Wildman–Crippen LogP) is 0.796. The number of aromatic nitrogens is 2. The molecule has 0 radical (unpaired) electrons. The van der Waals surface area contributed by atoms with Crippen molar-refractivity contribution in [3.8, 4) is 0 Å². The number of aromatic amines is 1. The third-order valence-electron chi connectivity index (χ3n) is 3.86. The second kappa shape index (κ2) is 6.53. The number of hydrogen-bond donors (Lipinski definition) is 1. The number of nitrogens with zero attached hydrogens (tertiary/aromatic N) is 1. The van der Waals surface area contributed by atoms with E-state index in [2.05, 4.69) is 4.98 Å². The molecule has 118 valence electrons. The summed E-state index contributed by atoms with van der Waals surface area (Å²) in [7, 11) is 0. The van der Waals surface area contributed by atoms with Gasteiger partial charge in [-0.05, 0) is 13.8 Å². The minimum Gasteiger partial charge on any atom is -0.376 e. The van der Waals surface area contributed by atoms with Gasteiger partial charge in [-0.1, -0.05) is 6.92 Å². The summed E-state index contributed by atoms with van der Waals surface area (Å²) in [6.07, 6.45) is 0.692. The first-order chi connectivity index (χ1) is 10.5. The van der Waals surface area contributed by atoms with Crippen LogP contribution in [0.5, 0.6) is 0 Å². The second-order valence-electron chi connectivity index (χ2n) is 5.30. The van der Waals surface area contributed by atoms with Gasteiger partial charge in [0.05, 0.1) is 31.5 Å². The van der Waals surface area contributed by atoms with Crippen molar-refractivity contribution < 1.29 is 15.2 Å². The quantitative estimate of drug-likeness (QED) is 0.892. The molecule has 0 saturated carbocycles. The Labute approximate surface area is 123 Å². The molecule has 1 aromatic rings. The summed E-state index contributed by atoms with van der Waals surface area (Å²) in [5, 5.41) is 0. The van der Waals surface area contributed by atoms with Crippen LogP contribution in [0.25, 0.3) is 0 Å². The van der Waals surface area contributed by atoms with Crippen LogP contribution in [0.15, 0.2) is 15.8 Å². The minimum absolute atomic E-state index is 0.0723. The molecule has 6 nitrogen and oxygen atoms in total. The standard InChI is InChI=1S/C14H21FN2O4/c1-8-6-17(14(19)16-13(8)18)11-7-21-10(3)9(2)12(11)20-5-4-15/h6,9-12H,4-5,7H2,1-3H3,(H,16,18,19)/t9-,10-,11-,12-/m1/s1/i3D. The first kappa shape index (κ1) is 14.5. The van der Waals surface area contributed by atoms with E-state index in [0.717, 1.165) is 0 Å². The van der Waals surface area contributed by atoms with Crippen molar-refractivity contribution in [2.24, 2.45) is 5.92 Å². The lowest BCUT2D eigenvalue weighted by molar-refractivity contribution is -0.136. The molecule has 1 aliphatic rings. The first-order valence-corrected chi connectivity index (χ1v) is 6.90. The predicted molar refractivity (Wildman–Crippen MR) is 75.4 cm³/mol. The molecule has 0 amide bonds. The molecule has 4 atom stereocenters. The van der Waals surface area contributed by atoms with Gasteiger partial charge in [-0.3, -0.25) is 14.3 Å². The SMILES string of the molecule is [2H]C[C@H]1OC[C@@H](n2cc(C)c(=O)[nH]c2=O)[C@H](OCCF)[C@@H]1C. The molecule has 1 aromatic heterocycles. The third kappa shape index (κ3) is 3.24.